The summed E-state index contributed by atoms with van der Waals surface area (Å²) in [5.41, 5.74) is 6.15. The van der Waals surface area contributed by atoms with Crippen molar-refractivity contribution in [3.63, 3.8) is 0 Å². The summed E-state index contributed by atoms with van der Waals surface area (Å²) >= 11 is 0. The predicted octanol–water partition coefficient (Wildman–Crippen LogP) is 6.13. The number of ether oxygens (including phenoxy) is 2. The molecule has 0 heterocycles. The van der Waals surface area contributed by atoms with Crippen molar-refractivity contribution in [2.45, 2.75) is 58.3 Å². The number of amides is 2. The van der Waals surface area contributed by atoms with Crippen LogP contribution in [0.2, 0.25) is 0 Å². The molecule has 5 rings (SSSR count). The number of hydrogen-bond donors (Lipinski definition) is 2. The molecule has 0 fully saturated rings. The number of nitrogens with zero attached hydrogens (tertiary/aromatic N) is 1. The van der Waals surface area contributed by atoms with Crippen LogP contribution < -0.4 is 10.1 Å². The number of aryl methyl sites for hydroxylation is 2. The molecule has 0 aliphatic heterocycles. The van der Waals surface area contributed by atoms with E-state index >= 15 is 0 Å². The van der Waals surface area contributed by atoms with Gasteiger partial charge in [0, 0.05) is 13.0 Å². The van der Waals surface area contributed by atoms with E-state index in [0.29, 0.717) is 5.75 Å². The summed E-state index contributed by atoms with van der Waals surface area (Å²) in [6.45, 7) is 3.85. The molecular formula is C39H42N2O6. The third kappa shape index (κ3) is 9.53. The van der Waals surface area contributed by atoms with Gasteiger partial charge in [-0.3, -0.25) is 0 Å². The van der Waals surface area contributed by atoms with Gasteiger partial charge in [-0.25, -0.2) is 14.4 Å². The van der Waals surface area contributed by atoms with E-state index in [0.717, 1.165) is 47.1 Å². The standard InChI is InChI=1S/C39H42N2O6/c1-27(2)24-41(25-36(42)38(44)47-34-21-20-31-14-9-15-33(31)23-34)39(45)40-35(37(43)46-26-29-10-5-3-6-11-29)22-28-16-18-32(19-17-28)30-12-7-4-8-13-30/h3-8,10-13,16-21,23,27,35-36,42H,9,14-15,22,24-26H2,1-2H3,(H,40,45)/t35-,36?/m0/s1. The van der Waals surface area contributed by atoms with Crippen LogP contribution in [0.1, 0.15) is 42.5 Å². The molecule has 2 amide bonds. The first-order valence-electron chi connectivity index (χ1n) is 16.2. The highest BCUT2D eigenvalue weighted by atomic mass is 16.6. The van der Waals surface area contributed by atoms with E-state index in [9.17, 15) is 19.5 Å². The third-order valence-electron chi connectivity index (χ3n) is 8.13. The Morgan fingerprint density at radius 3 is 2.13 bits per heavy atom. The Balaban J connectivity index is 1.28. The number of aliphatic hydroxyl groups is 1. The molecule has 0 bridgehead atoms. The van der Waals surface area contributed by atoms with Gasteiger partial charge in [0.15, 0.2) is 6.10 Å². The van der Waals surface area contributed by atoms with Crippen molar-refractivity contribution in [3.8, 4) is 16.9 Å². The summed E-state index contributed by atoms with van der Waals surface area (Å²) in [5, 5.41) is 13.7. The van der Waals surface area contributed by atoms with E-state index in [-0.39, 0.29) is 32.0 Å². The van der Waals surface area contributed by atoms with Crippen molar-refractivity contribution in [1.29, 1.82) is 0 Å². The molecule has 4 aromatic carbocycles. The summed E-state index contributed by atoms with van der Waals surface area (Å²) in [5.74, 6) is -1.04. The Kier molecular flexibility index (Phi) is 11.4. The number of esters is 2. The SMILES string of the molecule is CC(C)CN(CC(O)C(=O)Oc1ccc2c(c1)CCC2)C(=O)N[C@@H](Cc1ccc(-c2ccccc2)cc1)C(=O)OCc1ccccc1. The van der Waals surface area contributed by atoms with Crippen LogP contribution >= 0.6 is 0 Å². The lowest BCUT2D eigenvalue weighted by atomic mass is 10.0. The molecule has 1 aliphatic rings. The molecule has 1 aliphatic carbocycles. The minimum absolute atomic E-state index is 0.0229. The van der Waals surface area contributed by atoms with Gasteiger partial charge in [0.1, 0.15) is 18.4 Å². The smallest absolute Gasteiger partial charge is 0.342 e. The zero-order valence-corrected chi connectivity index (χ0v) is 26.9. The highest BCUT2D eigenvalue weighted by molar-refractivity contribution is 5.85. The van der Waals surface area contributed by atoms with Crippen LogP contribution in [0.15, 0.2) is 103 Å². The molecule has 2 N–H and O–H groups in total. The van der Waals surface area contributed by atoms with Gasteiger partial charge in [-0.2, -0.15) is 0 Å². The molecule has 0 saturated heterocycles. The average Bonchev–Trinajstić information content (AvgIpc) is 3.55. The van der Waals surface area contributed by atoms with E-state index in [2.05, 4.69) is 5.32 Å². The number of aliphatic hydroxyl groups excluding tert-OH is 1. The number of benzene rings is 4. The van der Waals surface area contributed by atoms with E-state index in [1.807, 2.05) is 111 Å². The molecule has 2 atom stereocenters. The second-order valence-corrected chi connectivity index (χ2v) is 12.4. The molecular weight excluding hydrogens is 592 g/mol. The van der Waals surface area contributed by atoms with Crippen LogP contribution in [-0.4, -0.2) is 53.2 Å². The van der Waals surface area contributed by atoms with Crippen LogP contribution in [0.4, 0.5) is 4.79 Å². The minimum Gasteiger partial charge on any atom is -0.459 e. The lowest BCUT2D eigenvalue weighted by molar-refractivity contribution is -0.147. The molecule has 4 aromatic rings. The van der Waals surface area contributed by atoms with Crippen molar-refractivity contribution < 1.29 is 29.0 Å². The van der Waals surface area contributed by atoms with Gasteiger partial charge in [-0.15, -0.1) is 0 Å². The quantitative estimate of drug-likeness (QED) is 0.135. The van der Waals surface area contributed by atoms with Crippen LogP contribution in [-0.2, 0) is 40.2 Å². The first-order valence-corrected chi connectivity index (χ1v) is 16.2. The number of carbonyl (C=O) groups is 3. The molecule has 47 heavy (non-hydrogen) atoms. The van der Waals surface area contributed by atoms with Gasteiger partial charge in [0.2, 0.25) is 0 Å². The van der Waals surface area contributed by atoms with Crippen LogP contribution in [0.5, 0.6) is 5.75 Å². The molecule has 0 aromatic heterocycles. The molecule has 0 saturated carbocycles. The highest BCUT2D eigenvalue weighted by Gasteiger charge is 2.29. The van der Waals surface area contributed by atoms with Crippen molar-refractivity contribution in [2.24, 2.45) is 5.92 Å². The number of rotatable bonds is 13. The van der Waals surface area contributed by atoms with E-state index in [4.69, 9.17) is 9.47 Å². The summed E-state index contributed by atoms with van der Waals surface area (Å²) in [7, 11) is 0. The Bertz CT molecular complexity index is 1640. The Morgan fingerprint density at radius 1 is 0.766 bits per heavy atom. The van der Waals surface area contributed by atoms with Crippen molar-refractivity contribution in [1.82, 2.24) is 10.2 Å². The van der Waals surface area contributed by atoms with Gasteiger partial charge in [-0.05, 0) is 70.7 Å². The Labute approximate surface area is 276 Å². The largest absolute Gasteiger partial charge is 0.459 e. The fraction of sp³-hybridized carbons (Fsp3) is 0.308. The summed E-state index contributed by atoms with van der Waals surface area (Å²) < 4.78 is 11.1. The van der Waals surface area contributed by atoms with E-state index in [1.54, 1.807) is 6.07 Å². The molecule has 1 unspecified atom stereocenters. The van der Waals surface area contributed by atoms with Gasteiger partial charge in [0.25, 0.3) is 0 Å². The zero-order chi connectivity index (χ0) is 33.2. The fourth-order valence-corrected chi connectivity index (χ4v) is 5.72. The number of hydrogen-bond acceptors (Lipinski definition) is 6. The summed E-state index contributed by atoms with van der Waals surface area (Å²) in [4.78, 5) is 41.3. The molecule has 0 spiro atoms. The fourth-order valence-electron chi connectivity index (χ4n) is 5.72. The average molecular weight is 635 g/mol. The van der Waals surface area contributed by atoms with Gasteiger partial charge in [-0.1, -0.05) is 105 Å². The first kappa shape index (κ1) is 33.4. The number of nitrogens with one attached hydrogen (secondary N) is 1. The van der Waals surface area contributed by atoms with Crippen molar-refractivity contribution in [3.05, 3.63) is 125 Å². The van der Waals surface area contributed by atoms with Crippen LogP contribution in [0, 0.1) is 5.92 Å². The van der Waals surface area contributed by atoms with Gasteiger partial charge >= 0.3 is 18.0 Å². The number of carbonyl (C=O) groups excluding carboxylic acids is 3. The molecule has 8 nitrogen and oxygen atoms in total. The Morgan fingerprint density at radius 2 is 1.43 bits per heavy atom. The number of urea groups is 1. The lowest BCUT2D eigenvalue weighted by Crippen LogP contribution is -2.52. The van der Waals surface area contributed by atoms with Crippen molar-refractivity contribution >= 4 is 18.0 Å². The second kappa shape index (κ2) is 16.1. The lowest BCUT2D eigenvalue weighted by Gasteiger charge is -2.28. The highest BCUT2D eigenvalue weighted by Crippen LogP contribution is 2.26. The summed E-state index contributed by atoms with van der Waals surface area (Å²) in [6.07, 6.45) is 1.60. The third-order valence-corrected chi connectivity index (χ3v) is 8.13. The van der Waals surface area contributed by atoms with E-state index in [1.165, 1.54) is 10.5 Å². The zero-order valence-electron chi connectivity index (χ0n) is 26.9. The van der Waals surface area contributed by atoms with Gasteiger partial charge < -0.3 is 24.8 Å². The maximum absolute atomic E-state index is 13.7. The molecule has 244 valence electrons. The molecule has 8 heteroatoms. The normalized spacial score (nSPS) is 13.4. The van der Waals surface area contributed by atoms with Crippen molar-refractivity contribution in [2.75, 3.05) is 13.1 Å². The van der Waals surface area contributed by atoms with E-state index < -0.39 is 30.1 Å². The molecule has 0 radical (unpaired) electrons. The monoisotopic (exact) mass is 634 g/mol. The van der Waals surface area contributed by atoms with Crippen LogP contribution in [0.3, 0.4) is 0 Å². The second-order valence-electron chi connectivity index (χ2n) is 12.4. The van der Waals surface area contributed by atoms with Gasteiger partial charge in [0.05, 0.1) is 6.54 Å². The van der Waals surface area contributed by atoms with Crippen LogP contribution in [0.25, 0.3) is 11.1 Å². The maximum atomic E-state index is 13.7. The first-order chi connectivity index (χ1) is 22.7. The predicted molar refractivity (Wildman–Crippen MR) is 181 cm³/mol. The minimum atomic E-state index is -1.58. The summed E-state index contributed by atoms with van der Waals surface area (Å²) in [6, 6.07) is 31.0. The maximum Gasteiger partial charge on any atom is 0.342 e. The topological polar surface area (TPSA) is 105 Å². The Hall–Kier alpha value is -4.95. The number of fused-ring (bicyclic) bond motifs is 1.